The smallest absolute Gasteiger partial charge is 0.270 e. The van der Waals surface area contributed by atoms with Crippen LogP contribution in [-0.2, 0) is 7.05 Å². The average molecular weight is 320 g/mol. The Hall–Kier alpha value is -1.82. The number of aromatic nitrogens is 1. The highest BCUT2D eigenvalue weighted by Crippen LogP contribution is 2.35. The minimum atomic E-state index is 0.0723. The molecule has 5 nitrogen and oxygen atoms in total. The van der Waals surface area contributed by atoms with Gasteiger partial charge in [-0.1, -0.05) is 0 Å². The number of rotatable bonds is 3. The highest BCUT2D eigenvalue weighted by atomic mass is 32.2. The summed E-state index contributed by atoms with van der Waals surface area (Å²) < 4.78 is 12.8. The van der Waals surface area contributed by atoms with E-state index < -0.39 is 0 Å². The molecule has 1 aromatic heterocycles. The van der Waals surface area contributed by atoms with Crippen LogP contribution in [0.2, 0.25) is 0 Å². The molecule has 0 spiro atoms. The molecule has 0 atom stereocenters. The molecule has 2 aromatic rings. The molecule has 1 aliphatic heterocycles. The minimum absolute atomic E-state index is 0.0723. The fourth-order valence-electron chi connectivity index (χ4n) is 2.89. The van der Waals surface area contributed by atoms with Crippen LogP contribution < -0.4 is 9.47 Å². The zero-order valence-electron chi connectivity index (χ0n) is 13.1. The van der Waals surface area contributed by atoms with Crippen molar-refractivity contribution in [2.75, 3.05) is 38.8 Å². The molecule has 0 unspecified atom stereocenters. The van der Waals surface area contributed by atoms with Crippen LogP contribution in [0.4, 0.5) is 0 Å². The van der Waals surface area contributed by atoms with Gasteiger partial charge in [0, 0.05) is 37.0 Å². The van der Waals surface area contributed by atoms with Crippen molar-refractivity contribution in [1.82, 2.24) is 9.47 Å². The van der Waals surface area contributed by atoms with Gasteiger partial charge in [-0.2, -0.15) is 11.8 Å². The Kier molecular flexibility index (Phi) is 4.20. The number of carbonyl (C=O) groups excluding carboxylic acids is 1. The molecule has 1 aromatic carbocycles. The van der Waals surface area contributed by atoms with E-state index >= 15 is 0 Å². The number of ether oxygens (including phenoxy) is 2. The predicted molar refractivity (Wildman–Crippen MR) is 89.3 cm³/mol. The number of thioether (sulfide) groups is 1. The maximum Gasteiger partial charge on any atom is 0.270 e. The summed E-state index contributed by atoms with van der Waals surface area (Å²) in [4.78, 5) is 14.7. The Morgan fingerprint density at radius 3 is 2.41 bits per heavy atom. The topological polar surface area (TPSA) is 43.7 Å². The Morgan fingerprint density at radius 1 is 1.14 bits per heavy atom. The summed E-state index contributed by atoms with van der Waals surface area (Å²) in [5.41, 5.74) is 1.56. The number of aryl methyl sites for hydroxylation is 1. The lowest BCUT2D eigenvalue weighted by Crippen LogP contribution is -2.38. The lowest BCUT2D eigenvalue weighted by Gasteiger charge is -2.26. The standard InChI is InChI=1S/C16H20N2O3S/c1-17-12(16(19)18-6-8-22-9-7-18)10-11-13(20-2)4-5-14(21-3)15(11)17/h4-5,10H,6-9H2,1-3H3. The first-order valence-electron chi connectivity index (χ1n) is 7.24. The van der Waals surface area contributed by atoms with Crippen LogP contribution in [0.15, 0.2) is 18.2 Å². The third kappa shape index (κ3) is 2.41. The normalized spacial score (nSPS) is 15.1. The molecule has 1 saturated heterocycles. The number of amides is 1. The first-order valence-corrected chi connectivity index (χ1v) is 8.40. The third-order valence-electron chi connectivity index (χ3n) is 4.08. The van der Waals surface area contributed by atoms with Crippen molar-refractivity contribution in [3.8, 4) is 11.5 Å². The molecule has 0 radical (unpaired) electrons. The van der Waals surface area contributed by atoms with Crippen molar-refractivity contribution < 1.29 is 14.3 Å². The molecule has 1 fully saturated rings. The van der Waals surface area contributed by atoms with Crippen LogP contribution >= 0.6 is 11.8 Å². The van der Waals surface area contributed by atoms with Crippen LogP contribution in [-0.4, -0.2) is 54.2 Å². The molecule has 2 heterocycles. The van der Waals surface area contributed by atoms with Crippen molar-refractivity contribution in [3.05, 3.63) is 23.9 Å². The molecule has 6 heteroatoms. The molecule has 0 bridgehead atoms. The van der Waals surface area contributed by atoms with Gasteiger partial charge in [0.05, 0.1) is 19.7 Å². The van der Waals surface area contributed by atoms with Gasteiger partial charge in [0.2, 0.25) is 0 Å². The Labute approximate surface area is 134 Å². The van der Waals surface area contributed by atoms with Crippen LogP contribution in [0.1, 0.15) is 10.5 Å². The van der Waals surface area contributed by atoms with Gasteiger partial charge in [0.15, 0.2) is 0 Å². The molecular formula is C16H20N2O3S. The number of hydrogen-bond donors (Lipinski definition) is 0. The van der Waals surface area contributed by atoms with E-state index in [1.807, 2.05) is 46.5 Å². The van der Waals surface area contributed by atoms with Crippen molar-refractivity contribution in [1.29, 1.82) is 0 Å². The van der Waals surface area contributed by atoms with Gasteiger partial charge in [-0.3, -0.25) is 4.79 Å². The average Bonchev–Trinajstić information content (AvgIpc) is 2.92. The van der Waals surface area contributed by atoms with E-state index in [1.54, 1.807) is 14.2 Å². The fraction of sp³-hybridized carbons (Fsp3) is 0.438. The van der Waals surface area contributed by atoms with Crippen molar-refractivity contribution in [2.45, 2.75) is 0 Å². The lowest BCUT2D eigenvalue weighted by molar-refractivity contribution is 0.0763. The number of nitrogens with zero attached hydrogens (tertiary/aromatic N) is 2. The second-order valence-corrected chi connectivity index (χ2v) is 6.45. The first-order chi connectivity index (χ1) is 10.7. The summed E-state index contributed by atoms with van der Waals surface area (Å²) >= 11 is 1.89. The SMILES string of the molecule is COc1ccc(OC)c2c1cc(C(=O)N1CCSCC1)n2C. The minimum Gasteiger partial charge on any atom is -0.496 e. The van der Waals surface area contributed by atoms with Crippen molar-refractivity contribution in [2.24, 2.45) is 7.05 Å². The van der Waals surface area contributed by atoms with E-state index in [-0.39, 0.29) is 5.91 Å². The van der Waals surface area contributed by atoms with Crippen LogP contribution in [0.3, 0.4) is 0 Å². The number of fused-ring (bicyclic) bond motifs is 1. The zero-order chi connectivity index (χ0) is 15.7. The molecule has 0 saturated carbocycles. The van der Waals surface area contributed by atoms with Gasteiger partial charge in [0.1, 0.15) is 17.2 Å². The van der Waals surface area contributed by atoms with E-state index in [0.717, 1.165) is 47.0 Å². The van der Waals surface area contributed by atoms with Gasteiger partial charge in [-0.15, -0.1) is 0 Å². The van der Waals surface area contributed by atoms with E-state index in [4.69, 9.17) is 9.47 Å². The number of methoxy groups -OCH3 is 2. The molecule has 22 heavy (non-hydrogen) atoms. The summed E-state index contributed by atoms with van der Waals surface area (Å²) in [7, 11) is 5.17. The predicted octanol–water partition coefficient (Wildman–Crippen LogP) is 2.38. The highest BCUT2D eigenvalue weighted by Gasteiger charge is 2.24. The van der Waals surface area contributed by atoms with Crippen LogP contribution in [0.25, 0.3) is 10.9 Å². The summed E-state index contributed by atoms with van der Waals surface area (Å²) in [6.45, 7) is 1.61. The summed E-state index contributed by atoms with van der Waals surface area (Å²) in [6, 6.07) is 5.64. The van der Waals surface area contributed by atoms with E-state index in [9.17, 15) is 4.79 Å². The van der Waals surface area contributed by atoms with Gasteiger partial charge in [-0.05, 0) is 18.2 Å². The van der Waals surface area contributed by atoms with Gasteiger partial charge in [-0.25, -0.2) is 0 Å². The van der Waals surface area contributed by atoms with Crippen LogP contribution in [0.5, 0.6) is 11.5 Å². The maximum atomic E-state index is 12.8. The second-order valence-electron chi connectivity index (χ2n) is 5.23. The number of hydrogen-bond acceptors (Lipinski definition) is 4. The molecule has 3 rings (SSSR count). The lowest BCUT2D eigenvalue weighted by atomic mass is 10.2. The summed E-state index contributed by atoms with van der Waals surface area (Å²) in [6.07, 6.45) is 0. The Morgan fingerprint density at radius 2 is 1.77 bits per heavy atom. The summed E-state index contributed by atoms with van der Waals surface area (Å²) in [5, 5.41) is 0.902. The summed E-state index contributed by atoms with van der Waals surface area (Å²) in [5.74, 6) is 3.57. The Bertz CT molecular complexity index is 705. The molecule has 0 N–H and O–H groups in total. The van der Waals surface area contributed by atoms with Crippen molar-refractivity contribution in [3.63, 3.8) is 0 Å². The monoisotopic (exact) mass is 320 g/mol. The number of carbonyl (C=O) groups is 1. The molecule has 0 aliphatic carbocycles. The maximum absolute atomic E-state index is 12.8. The largest absolute Gasteiger partial charge is 0.496 e. The van der Waals surface area contributed by atoms with Gasteiger partial charge >= 0.3 is 0 Å². The van der Waals surface area contributed by atoms with Gasteiger partial charge < -0.3 is 18.9 Å². The van der Waals surface area contributed by atoms with E-state index in [1.165, 1.54) is 0 Å². The van der Waals surface area contributed by atoms with Crippen LogP contribution in [0, 0.1) is 0 Å². The molecular weight excluding hydrogens is 300 g/mol. The molecule has 1 aliphatic rings. The van der Waals surface area contributed by atoms with Gasteiger partial charge in [0.25, 0.3) is 5.91 Å². The molecule has 118 valence electrons. The van der Waals surface area contributed by atoms with Crippen molar-refractivity contribution >= 4 is 28.6 Å². The Balaban J connectivity index is 2.10. The first kappa shape index (κ1) is 15.1. The third-order valence-corrected chi connectivity index (χ3v) is 5.02. The number of benzene rings is 1. The van der Waals surface area contributed by atoms with E-state index in [2.05, 4.69) is 0 Å². The quantitative estimate of drug-likeness (QED) is 0.871. The van der Waals surface area contributed by atoms with E-state index in [0.29, 0.717) is 5.69 Å². The second kappa shape index (κ2) is 6.12. The fourth-order valence-corrected chi connectivity index (χ4v) is 3.79. The molecule has 1 amide bonds. The zero-order valence-corrected chi connectivity index (χ0v) is 13.9. The highest BCUT2D eigenvalue weighted by molar-refractivity contribution is 7.99.